The van der Waals surface area contributed by atoms with E-state index in [0.29, 0.717) is 11.6 Å². The highest BCUT2D eigenvalue weighted by atomic mass is 32.2. The predicted octanol–water partition coefficient (Wildman–Crippen LogP) is 3.99. The standard InChI is InChI=1S/C20H16N8O3S2/c1-11-17(28(30)31)18(26(2)24-11)19(29)21-12-7-8-14-16(9-12)33-20(22-14)32-10-27-15-6-4-3-5-13(15)23-25-27/h3-9H,10H2,1-2H3,(H,21,29). The Morgan fingerprint density at radius 1 is 1.24 bits per heavy atom. The van der Waals surface area contributed by atoms with Crippen molar-refractivity contribution in [2.24, 2.45) is 7.05 Å². The molecule has 0 unspecified atom stereocenters. The minimum Gasteiger partial charge on any atom is -0.320 e. The molecule has 166 valence electrons. The quantitative estimate of drug-likeness (QED) is 0.219. The van der Waals surface area contributed by atoms with E-state index in [9.17, 15) is 14.9 Å². The number of hydrogen-bond donors (Lipinski definition) is 1. The average molecular weight is 481 g/mol. The van der Waals surface area contributed by atoms with E-state index in [1.807, 2.05) is 28.9 Å². The van der Waals surface area contributed by atoms with Crippen molar-refractivity contribution in [1.29, 1.82) is 0 Å². The number of aryl methyl sites for hydroxylation is 2. The Balaban J connectivity index is 1.34. The van der Waals surface area contributed by atoms with Gasteiger partial charge in [0.2, 0.25) is 5.69 Å². The molecule has 3 aromatic heterocycles. The van der Waals surface area contributed by atoms with E-state index >= 15 is 0 Å². The fourth-order valence-electron chi connectivity index (χ4n) is 3.48. The molecule has 1 N–H and O–H groups in total. The van der Waals surface area contributed by atoms with E-state index in [0.717, 1.165) is 25.6 Å². The molecule has 1 amide bonds. The number of aromatic nitrogens is 6. The first-order valence-electron chi connectivity index (χ1n) is 9.71. The van der Waals surface area contributed by atoms with Gasteiger partial charge < -0.3 is 5.32 Å². The van der Waals surface area contributed by atoms with Gasteiger partial charge in [-0.25, -0.2) is 9.67 Å². The van der Waals surface area contributed by atoms with E-state index in [1.54, 1.807) is 18.2 Å². The second-order valence-electron chi connectivity index (χ2n) is 7.13. The zero-order chi connectivity index (χ0) is 23.1. The third-order valence-corrected chi connectivity index (χ3v) is 7.07. The highest BCUT2D eigenvalue weighted by Crippen LogP contribution is 2.33. The van der Waals surface area contributed by atoms with Crippen LogP contribution in [0.25, 0.3) is 21.3 Å². The van der Waals surface area contributed by atoms with Gasteiger partial charge in [-0.2, -0.15) is 5.10 Å². The average Bonchev–Trinajstić information content (AvgIpc) is 3.46. The van der Waals surface area contributed by atoms with E-state index in [-0.39, 0.29) is 17.1 Å². The van der Waals surface area contributed by atoms with Gasteiger partial charge in [0.15, 0.2) is 4.34 Å². The minimum atomic E-state index is -0.596. The lowest BCUT2D eigenvalue weighted by molar-refractivity contribution is -0.385. The Kier molecular flexibility index (Phi) is 5.26. The zero-order valence-electron chi connectivity index (χ0n) is 17.4. The van der Waals surface area contributed by atoms with Gasteiger partial charge >= 0.3 is 5.69 Å². The van der Waals surface area contributed by atoms with E-state index in [1.165, 1.54) is 41.8 Å². The number of hydrogen-bond acceptors (Lipinski definition) is 9. The first-order valence-corrected chi connectivity index (χ1v) is 11.5. The maximum atomic E-state index is 12.7. The van der Waals surface area contributed by atoms with Crippen LogP contribution in [-0.2, 0) is 12.9 Å². The summed E-state index contributed by atoms with van der Waals surface area (Å²) in [6, 6.07) is 13.1. The summed E-state index contributed by atoms with van der Waals surface area (Å²) in [4.78, 5) is 28.1. The van der Waals surface area contributed by atoms with Crippen molar-refractivity contribution in [3.8, 4) is 0 Å². The molecule has 0 saturated heterocycles. The van der Waals surface area contributed by atoms with Crippen LogP contribution in [0, 0.1) is 17.0 Å². The molecule has 0 atom stereocenters. The number of para-hydroxylation sites is 1. The molecule has 13 heteroatoms. The number of nitrogens with zero attached hydrogens (tertiary/aromatic N) is 7. The van der Waals surface area contributed by atoms with E-state index < -0.39 is 10.8 Å². The summed E-state index contributed by atoms with van der Waals surface area (Å²) in [5.74, 6) is -0.0331. The molecule has 0 saturated carbocycles. The Labute approximate surface area is 194 Å². The monoisotopic (exact) mass is 480 g/mol. The maximum Gasteiger partial charge on any atom is 0.322 e. The molecule has 2 aromatic carbocycles. The molecule has 0 spiro atoms. The molecule has 11 nitrogen and oxygen atoms in total. The first kappa shape index (κ1) is 21.0. The summed E-state index contributed by atoms with van der Waals surface area (Å²) in [5, 5.41) is 26.4. The van der Waals surface area contributed by atoms with Crippen molar-refractivity contribution in [2.45, 2.75) is 17.1 Å². The van der Waals surface area contributed by atoms with Crippen molar-refractivity contribution in [3.63, 3.8) is 0 Å². The van der Waals surface area contributed by atoms with Crippen LogP contribution in [-0.4, -0.2) is 40.6 Å². The molecule has 0 fully saturated rings. The fraction of sp³-hybridized carbons (Fsp3) is 0.150. The summed E-state index contributed by atoms with van der Waals surface area (Å²) >= 11 is 3.03. The van der Waals surface area contributed by atoms with Crippen molar-refractivity contribution in [3.05, 3.63) is 64.0 Å². The summed E-state index contributed by atoms with van der Waals surface area (Å²) in [7, 11) is 1.50. The number of thioether (sulfide) groups is 1. The van der Waals surface area contributed by atoms with E-state index in [2.05, 4.69) is 25.7 Å². The van der Waals surface area contributed by atoms with Crippen LogP contribution in [0.4, 0.5) is 11.4 Å². The predicted molar refractivity (Wildman–Crippen MR) is 126 cm³/mol. The number of nitro groups is 1. The Morgan fingerprint density at radius 3 is 2.88 bits per heavy atom. The summed E-state index contributed by atoms with van der Waals surface area (Å²) in [6.45, 7) is 1.50. The largest absolute Gasteiger partial charge is 0.322 e. The van der Waals surface area contributed by atoms with Crippen molar-refractivity contribution in [2.75, 3.05) is 5.32 Å². The van der Waals surface area contributed by atoms with Crippen LogP contribution >= 0.6 is 23.1 Å². The third kappa shape index (κ3) is 3.91. The van der Waals surface area contributed by atoms with Gasteiger partial charge in [-0.1, -0.05) is 29.1 Å². The summed E-state index contributed by atoms with van der Waals surface area (Å²) < 4.78 is 4.78. The highest BCUT2D eigenvalue weighted by Gasteiger charge is 2.29. The topological polar surface area (TPSA) is 134 Å². The number of rotatable bonds is 6. The van der Waals surface area contributed by atoms with Gasteiger partial charge in [0.05, 0.1) is 26.5 Å². The molecular weight excluding hydrogens is 464 g/mol. The van der Waals surface area contributed by atoms with Crippen LogP contribution in [0.3, 0.4) is 0 Å². The van der Waals surface area contributed by atoms with Crippen LogP contribution in [0.2, 0.25) is 0 Å². The van der Waals surface area contributed by atoms with E-state index in [4.69, 9.17) is 0 Å². The number of fused-ring (bicyclic) bond motifs is 2. The number of anilines is 1. The van der Waals surface area contributed by atoms with Gasteiger partial charge in [0.1, 0.15) is 11.2 Å². The van der Waals surface area contributed by atoms with Crippen LogP contribution in [0.5, 0.6) is 0 Å². The molecule has 33 heavy (non-hydrogen) atoms. The lowest BCUT2D eigenvalue weighted by atomic mass is 10.2. The lowest BCUT2D eigenvalue weighted by Crippen LogP contribution is -2.17. The zero-order valence-corrected chi connectivity index (χ0v) is 19.1. The summed E-state index contributed by atoms with van der Waals surface area (Å²) in [5.41, 5.74) is 2.90. The van der Waals surface area contributed by atoms with Crippen LogP contribution < -0.4 is 5.32 Å². The van der Waals surface area contributed by atoms with Crippen molar-refractivity contribution < 1.29 is 9.72 Å². The molecule has 0 aliphatic heterocycles. The number of thiazole rings is 1. The van der Waals surface area contributed by atoms with Gasteiger partial charge in [-0.15, -0.1) is 16.4 Å². The molecule has 5 rings (SSSR count). The van der Waals surface area contributed by atoms with Crippen LogP contribution in [0.15, 0.2) is 46.8 Å². The maximum absolute atomic E-state index is 12.7. The number of carbonyl (C=O) groups excluding carboxylic acids is 1. The lowest BCUT2D eigenvalue weighted by Gasteiger charge is -2.05. The smallest absolute Gasteiger partial charge is 0.320 e. The SMILES string of the molecule is Cc1nn(C)c(C(=O)Nc2ccc3nc(SCn4nnc5ccccc54)sc3c2)c1[N+](=O)[O-]. The number of nitrogens with one attached hydrogen (secondary N) is 1. The molecule has 5 aromatic rings. The second kappa shape index (κ2) is 8.26. The Bertz CT molecular complexity index is 1540. The van der Waals surface area contributed by atoms with Gasteiger partial charge in [-0.05, 0) is 37.3 Å². The Morgan fingerprint density at radius 2 is 2.06 bits per heavy atom. The van der Waals surface area contributed by atoms with Gasteiger partial charge in [0.25, 0.3) is 5.91 Å². The molecule has 0 bridgehead atoms. The number of amides is 1. The molecular formula is C20H16N8O3S2. The molecule has 0 aliphatic carbocycles. The highest BCUT2D eigenvalue weighted by molar-refractivity contribution is 8.00. The molecule has 0 aliphatic rings. The molecule has 3 heterocycles. The first-order chi connectivity index (χ1) is 15.9. The summed E-state index contributed by atoms with van der Waals surface area (Å²) in [6.07, 6.45) is 0. The normalized spacial score (nSPS) is 11.3. The minimum absolute atomic E-state index is 0.0989. The fourth-order valence-corrected chi connectivity index (χ4v) is 5.47. The number of benzene rings is 2. The van der Waals surface area contributed by atoms with Crippen molar-refractivity contribution in [1.82, 2.24) is 29.8 Å². The Hall–Kier alpha value is -3.84. The van der Waals surface area contributed by atoms with Crippen LogP contribution in [0.1, 0.15) is 16.2 Å². The van der Waals surface area contributed by atoms with Gasteiger partial charge in [0, 0.05) is 12.7 Å². The van der Waals surface area contributed by atoms with Crippen molar-refractivity contribution >= 4 is 61.6 Å². The van der Waals surface area contributed by atoms with Gasteiger partial charge in [-0.3, -0.25) is 19.6 Å². The second-order valence-corrected chi connectivity index (χ2v) is 9.35. The third-order valence-electron chi connectivity index (χ3n) is 4.95. The molecule has 0 radical (unpaired) electrons. The number of carbonyl (C=O) groups is 1.